The molecule has 3 heterocycles. The number of nitrogens with zero attached hydrogens (tertiary/aromatic N) is 3. The molecule has 2 aliphatic rings. The van der Waals surface area contributed by atoms with Crippen molar-refractivity contribution < 1.29 is 9.47 Å². The zero-order chi connectivity index (χ0) is 21.6. The van der Waals surface area contributed by atoms with Crippen molar-refractivity contribution in [1.29, 1.82) is 0 Å². The van der Waals surface area contributed by atoms with Crippen LogP contribution in [0.3, 0.4) is 0 Å². The second-order valence-electron chi connectivity index (χ2n) is 9.20. The van der Waals surface area contributed by atoms with Crippen LogP contribution in [0.15, 0.2) is 42.5 Å². The summed E-state index contributed by atoms with van der Waals surface area (Å²) in [6.07, 6.45) is 8.00. The van der Waals surface area contributed by atoms with Crippen molar-refractivity contribution >= 4 is 59.0 Å². The number of hydrogen-bond acceptors (Lipinski definition) is 5. The maximum absolute atomic E-state index is 6.05. The van der Waals surface area contributed by atoms with E-state index >= 15 is 0 Å². The first-order chi connectivity index (χ1) is 15.8. The topological polar surface area (TPSA) is 37.8 Å². The van der Waals surface area contributed by atoms with Crippen LogP contribution in [0.2, 0.25) is 0 Å². The van der Waals surface area contributed by atoms with Crippen LogP contribution >= 0.6 is 37.2 Å². The molecule has 2 aromatic carbocycles. The maximum atomic E-state index is 6.05. The minimum Gasteiger partial charge on any atom is -0.492 e. The Kier molecular flexibility index (Phi) is 12.7. The molecule has 8 heteroatoms. The van der Waals surface area contributed by atoms with Gasteiger partial charge < -0.3 is 9.47 Å². The van der Waals surface area contributed by atoms with Crippen molar-refractivity contribution in [2.45, 2.75) is 38.5 Å². The minimum atomic E-state index is 0. The average molecular weight is 543 g/mol. The summed E-state index contributed by atoms with van der Waals surface area (Å²) in [7, 11) is 0. The van der Waals surface area contributed by atoms with Gasteiger partial charge in [-0.15, -0.1) is 37.2 Å². The van der Waals surface area contributed by atoms with Crippen molar-refractivity contribution in [3.05, 3.63) is 42.5 Å². The molecule has 0 bridgehead atoms. The van der Waals surface area contributed by atoms with Gasteiger partial charge in [0.05, 0.1) is 11.0 Å². The van der Waals surface area contributed by atoms with Crippen molar-refractivity contribution in [3.8, 4) is 11.5 Å². The third-order valence-electron chi connectivity index (χ3n) is 6.81. The van der Waals surface area contributed by atoms with Gasteiger partial charge in [0.25, 0.3) is 0 Å². The standard InChI is InChI=1S/C27H35N3O2.3ClH/c1-3-11-29(12-4-1)15-17-31-24-9-7-22-19-23-8-10-25(21-27(23)28-26(22)20-24)32-18-16-30-13-5-2-6-14-30;;;/h7-10,19-21H,1-6,11-18H2;3*1H. The van der Waals surface area contributed by atoms with E-state index in [9.17, 15) is 0 Å². The predicted octanol–water partition coefficient (Wildman–Crippen LogP) is 6.38. The van der Waals surface area contributed by atoms with Crippen LogP contribution in [0.1, 0.15) is 38.5 Å². The van der Waals surface area contributed by atoms with Crippen LogP contribution in [-0.4, -0.2) is 67.3 Å². The smallest absolute Gasteiger partial charge is 0.121 e. The van der Waals surface area contributed by atoms with Gasteiger partial charge in [0, 0.05) is 36.0 Å². The molecular weight excluding hydrogens is 505 g/mol. The number of ether oxygens (including phenoxy) is 2. The van der Waals surface area contributed by atoms with Crippen LogP contribution in [0.25, 0.3) is 21.8 Å². The second-order valence-corrected chi connectivity index (χ2v) is 9.20. The van der Waals surface area contributed by atoms with E-state index in [-0.39, 0.29) is 37.2 Å². The van der Waals surface area contributed by atoms with Crippen LogP contribution < -0.4 is 9.47 Å². The molecule has 194 valence electrons. The van der Waals surface area contributed by atoms with Gasteiger partial charge in [0.15, 0.2) is 0 Å². The largest absolute Gasteiger partial charge is 0.492 e. The molecule has 2 fully saturated rings. The number of aromatic nitrogens is 1. The first kappa shape index (κ1) is 29.7. The van der Waals surface area contributed by atoms with Crippen molar-refractivity contribution in [2.24, 2.45) is 0 Å². The lowest BCUT2D eigenvalue weighted by Crippen LogP contribution is -2.33. The van der Waals surface area contributed by atoms with Crippen LogP contribution in [0.5, 0.6) is 11.5 Å². The van der Waals surface area contributed by atoms with Gasteiger partial charge in [-0.25, -0.2) is 4.98 Å². The molecule has 0 atom stereocenters. The highest BCUT2D eigenvalue weighted by molar-refractivity contribution is 5.93. The van der Waals surface area contributed by atoms with Crippen molar-refractivity contribution in [1.82, 2.24) is 14.8 Å². The van der Waals surface area contributed by atoms with E-state index in [0.717, 1.165) is 59.6 Å². The Bertz CT molecular complexity index is 962. The molecule has 35 heavy (non-hydrogen) atoms. The lowest BCUT2D eigenvalue weighted by Gasteiger charge is -2.26. The van der Waals surface area contributed by atoms with E-state index < -0.39 is 0 Å². The summed E-state index contributed by atoms with van der Waals surface area (Å²) in [4.78, 5) is 9.92. The van der Waals surface area contributed by atoms with Gasteiger partial charge >= 0.3 is 0 Å². The Labute approximate surface area is 227 Å². The fourth-order valence-electron chi connectivity index (χ4n) is 4.91. The number of hydrogen-bond donors (Lipinski definition) is 0. The average Bonchev–Trinajstić information content (AvgIpc) is 2.84. The molecule has 0 saturated carbocycles. The molecule has 0 N–H and O–H groups in total. The monoisotopic (exact) mass is 541 g/mol. The van der Waals surface area contributed by atoms with Gasteiger partial charge in [-0.1, -0.05) is 12.8 Å². The van der Waals surface area contributed by atoms with Gasteiger partial charge in [0.2, 0.25) is 0 Å². The normalized spacial score (nSPS) is 16.7. The van der Waals surface area contributed by atoms with Gasteiger partial charge in [-0.2, -0.15) is 0 Å². The van der Waals surface area contributed by atoms with E-state index in [1.54, 1.807) is 0 Å². The summed E-state index contributed by atoms with van der Waals surface area (Å²) in [6.45, 7) is 8.28. The fraction of sp³-hybridized carbons (Fsp3) is 0.519. The zero-order valence-electron chi connectivity index (χ0n) is 20.3. The van der Waals surface area contributed by atoms with Crippen molar-refractivity contribution in [2.75, 3.05) is 52.5 Å². The summed E-state index contributed by atoms with van der Waals surface area (Å²) in [5, 5.41) is 2.28. The van der Waals surface area contributed by atoms with Crippen LogP contribution in [0, 0.1) is 0 Å². The molecule has 5 nitrogen and oxygen atoms in total. The highest BCUT2D eigenvalue weighted by Gasteiger charge is 2.11. The molecule has 0 amide bonds. The zero-order valence-corrected chi connectivity index (χ0v) is 22.8. The maximum Gasteiger partial charge on any atom is 0.121 e. The minimum absolute atomic E-state index is 0. The van der Waals surface area contributed by atoms with Gasteiger partial charge in [-0.3, -0.25) is 9.80 Å². The van der Waals surface area contributed by atoms with E-state index in [1.165, 1.54) is 64.7 Å². The summed E-state index contributed by atoms with van der Waals surface area (Å²) in [6, 6.07) is 14.7. The van der Waals surface area contributed by atoms with E-state index in [2.05, 4.69) is 52.3 Å². The van der Waals surface area contributed by atoms with Gasteiger partial charge in [0.1, 0.15) is 24.7 Å². The molecule has 0 radical (unpaired) electrons. The molecular formula is C27H38Cl3N3O2. The van der Waals surface area contributed by atoms with E-state index in [0.29, 0.717) is 0 Å². The number of pyridine rings is 1. The van der Waals surface area contributed by atoms with Crippen LogP contribution in [-0.2, 0) is 0 Å². The predicted molar refractivity (Wildman–Crippen MR) is 153 cm³/mol. The Hall–Kier alpha value is -1.50. The SMILES string of the molecule is Cl.Cl.Cl.c1cc2cc3ccc(OCCN4CCCCC4)cc3nc2cc1OCCN1CCCCC1. The first-order valence-corrected chi connectivity index (χ1v) is 12.4. The molecule has 0 spiro atoms. The lowest BCUT2D eigenvalue weighted by atomic mass is 10.1. The molecule has 5 rings (SSSR count). The Morgan fingerprint density at radius 2 is 1.00 bits per heavy atom. The van der Waals surface area contributed by atoms with E-state index in [4.69, 9.17) is 14.5 Å². The molecule has 0 aliphatic carbocycles. The highest BCUT2D eigenvalue weighted by Crippen LogP contribution is 2.26. The number of piperidine rings is 2. The number of benzene rings is 2. The Morgan fingerprint density at radius 1 is 0.571 bits per heavy atom. The number of halogens is 3. The summed E-state index contributed by atoms with van der Waals surface area (Å²) < 4.78 is 12.1. The fourth-order valence-corrected chi connectivity index (χ4v) is 4.91. The molecule has 2 aliphatic heterocycles. The Morgan fingerprint density at radius 3 is 1.43 bits per heavy atom. The molecule has 0 unspecified atom stereocenters. The van der Waals surface area contributed by atoms with Gasteiger partial charge in [-0.05, 0) is 82.2 Å². The second kappa shape index (κ2) is 14.9. The first-order valence-electron chi connectivity index (χ1n) is 12.4. The van der Waals surface area contributed by atoms with Crippen molar-refractivity contribution in [3.63, 3.8) is 0 Å². The summed E-state index contributed by atoms with van der Waals surface area (Å²) in [5.41, 5.74) is 1.94. The number of fused-ring (bicyclic) bond motifs is 2. The molecule has 3 aromatic rings. The highest BCUT2D eigenvalue weighted by atomic mass is 35.5. The molecule has 2 saturated heterocycles. The Balaban J connectivity index is 0.00000144. The van der Waals surface area contributed by atoms with E-state index in [1.807, 2.05) is 0 Å². The third-order valence-corrected chi connectivity index (χ3v) is 6.81. The lowest BCUT2D eigenvalue weighted by molar-refractivity contribution is 0.183. The third kappa shape index (κ3) is 8.26. The number of rotatable bonds is 8. The molecule has 1 aromatic heterocycles. The summed E-state index contributed by atoms with van der Waals surface area (Å²) in [5.74, 6) is 1.80. The van der Waals surface area contributed by atoms with Crippen LogP contribution in [0.4, 0.5) is 0 Å². The number of likely N-dealkylation sites (tertiary alicyclic amines) is 2. The quantitative estimate of drug-likeness (QED) is 0.309. The summed E-state index contributed by atoms with van der Waals surface area (Å²) >= 11 is 0.